The van der Waals surface area contributed by atoms with Gasteiger partial charge in [-0.15, -0.1) is 0 Å². The van der Waals surface area contributed by atoms with Crippen molar-refractivity contribution in [1.29, 1.82) is 0 Å². The number of hydrogen-bond donors (Lipinski definition) is 2. The van der Waals surface area contributed by atoms with Crippen molar-refractivity contribution >= 4 is 5.91 Å². The number of amides is 1. The van der Waals surface area contributed by atoms with E-state index in [2.05, 4.69) is 5.32 Å². The molecule has 4 nitrogen and oxygen atoms in total. The second-order valence-electron chi connectivity index (χ2n) is 5.23. The molecule has 2 aliphatic rings. The molecule has 18 heavy (non-hydrogen) atoms. The van der Waals surface area contributed by atoms with E-state index in [0.717, 1.165) is 25.9 Å². The molecule has 2 heterocycles. The molecule has 2 atom stereocenters. The van der Waals surface area contributed by atoms with Crippen molar-refractivity contribution in [3.05, 3.63) is 29.8 Å². The van der Waals surface area contributed by atoms with Gasteiger partial charge in [-0.25, -0.2) is 0 Å². The predicted octanol–water partition coefficient (Wildman–Crippen LogP) is 1.36. The Morgan fingerprint density at radius 2 is 2.11 bits per heavy atom. The first-order valence-corrected chi connectivity index (χ1v) is 6.57. The molecule has 96 valence electrons. The predicted molar refractivity (Wildman–Crippen MR) is 68.6 cm³/mol. The lowest BCUT2D eigenvalue weighted by Gasteiger charge is -2.24. The minimum absolute atomic E-state index is 0.0280. The maximum absolute atomic E-state index is 12.4. The van der Waals surface area contributed by atoms with E-state index in [9.17, 15) is 9.90 Å². The maximum Gasteiger partial charge on any atom is 0.254 e. The minimum Gasteiger partial charge on any atom is -0.508 e. The van der Waals surface area contributed by atoms with Gasteiger partial charge in [0.25, 0.3) is 5.91 Å². The Hall–Kier alpha value is -1.55. The highest BCUT2D eigenvalue weighted by molar-refractivity contribution is 5.94. The monoisotopic (exact) mass is 246 g/mol. The third-order valence-corrected chi connectivity index (χ3v) is 3.90. The SMILES string of the molecule is O=C(c1cccc(O)c1)N1CCC2CCC(C1)N2. The average Bonchev–Trinajstić information content (AvgIpc) is 2.68. The van der Waals surface area contributed by atoms with Gasteiger partial charge in [-0.05, 0) is 37.5 Å². The van der Waals surface area contributed by atoms with Gasteiger partial charge in [0.05, 0.1) is 0 Å². The van der Waals surface area contributed by atoms with Crippen LogP contribution in [0.1, 0.15) is 29.6 Å². The summed E-state index contributed by atoms with van der Waals surface area (Å²) in [7, 11) is 0. The van der Waals surface area contributed by atoms with Crippen LogP contribution in [0, 0.1) is 0 Å². The molecule has 2 fully saturated rings. The first-order valence-electron chi connectivity index (χ1n) is 6.57. The second kappa shape index (κ2) is 4.61. The number of fused-ring (bicyclic) bond motifs is 2. The van der Waals surface area contributed by atoms with Gasteiger partial charge in [-0.1, -0.05) is 6.07 Å². The number of aromatic hydroxyl groups is 1. The van der Waals surface area contributed by atoms with Crippen LogP contribution in [-0.4, -0.2) is 41.1 Å². The standard InChI is InChI=1S/C14H18N2O2/c17-13-3-1-2-10(8-13)14(18)16-7-6-11-4-5-12(9-16)15-11/h1-3,8,11-12,15,17H,4-7,9H2. The zero-order chi connectivity index (χ0) is 12.5. The van der Waals surface area contributed by atoms with Gasteiger partial charge in [-0.3, -0.25) is 4.79 Å². The Labute approximate surface area is 107 Å². The Kier molecular flexibility index (Phi) is 2.96. The van der Waals surface area contributed by atoms with Crippen LogP contribution in [0.15, 0.2) is 24.3 Å². The van der Waals surface area contributed by atoms with Crippen molar-refractivity contribution < 1.29 is 9.90 Å². The fourth-order valence-electron chi connectivity index (χ4n) is 2.95. The number of hydrogen-bond acceptors (Lipinski definition) is 3. The largest absolute Gasteiger partial charge is 0.508 e. The van der Waals surface area contributed by atoms with Crippen molar-refractivity contribution in [3.8, 4) is 5.75 Å². The van der Waals surface area contributed by atoms with Crippen molar-refractivity contribution in [3.63, 3.8) is 0 Å². The number of likely N-dealkylation sites (tertiary alicyclic amines) is 1. The van der Waals surface area contributed by atoms with Gasteiger partial charge in [0.1, 0.15) is 5.75 Å². The Morgan fingerprint density at radius 1 is 1.28 bits per heavy atom. The number of rotatable bonds is 1. The molecule has 0 spiro atoms. The molecular formula is C14H18N2O2. The number of carbonyl (C=O) groups is 1. The molecule has 2 N–H and O–H groups in total. The molecule has 0 radical (unpaired) electrons. The van der Waals surface area contributed by atoms with Crippen LogP contribution in [0.25, 0.3) is 0 Å². The second-order valence-corrected chi connectivity index (χ2v) is 5.23. The topological polar surface area (TPSA) is 52.6 Å². The van der Waals surface area contributed by atoms with Gasteiger partial charge < -0.3 is 15.3 Å². The third kappa shape index (κ3) is 2.20. The van der Waals surface area contributed by atoms with Crippen LogP contribution < -0.4 is 5.32 Å². The molecule has 2 unspecified atom stereocenters. The number of benzene rings is 1. The lowest BCUT2D eigenvalue weighted by atomic mass is 10.1. The molecule has 2 saturated heterocycles. The number of nitrogens with one attached hydrogen (secondary N) is 1. The van der Waals surface area contributed by atoms with E-state index >= 15 is 0 Å². The quantitative estimate of drug-likeness (QED) is 0.786. The fraction of sp³-hybridized carbons (Fsp3) is 0.500. The van der Waals surface area contributed by atoms with Gasteiger partial charge in [0.15, 0.2) is 0 Å². The van der Waals surface area contributed by atoms with Crippen LogP contribution in [0.5, 0.6) is 5.75 Å². The van der Waals surface area contributed by atoms with Crippen molar-refractivity contribution in [2.24, 2.45) is 0 Å². The summed E-state index contributed by atoms with van der Waals surface area (Å²) in [6.45, 7) is 1.59. The highest BCUT2D eigenvalue weighted by Gasteiger charge is 2.31. The van der Waals surface area contributed by atoms with Gasteiger partial charge in [0.2, 0.25) is 0 Å². The van der Waals surface area contributed by atoms with Crippen LogP contribution in [0.2, 0.25) is 0 Å². The van der Waals surface area contributed by atoms with E-state index < -0.39 is 0 Å². The summed E-state index contributed by atoms with van der Waals surface area (Å²) in [6, 6.07) is 7.63. The van der Waals surface area contributed by atoms with Crippen molar-refractivity contribution in [2.45, 2.75) is 31.3 Å². The Morgan fingerprint density at radius 3 is 2.94 bits per heavy atom. The summed E-state index contributed by atoms with van der Waals surface area (Å²) >= 11 is 0. The Balaban J connectivity index is 1.76. The number of carbonyl (C=O) groups excluding carboxylic acids is 1. The third-order valence-electron chi connectivity index (χ3n) is 3.90. The lowest BCUT2D eigenvalue weighted by Crippen LogP contribution is -2.39. The molecular weight excluding hydrogens is 228 g/mol. The smallest absolute Gasteiger partial charge is 0.254 e. The minimum atomic E-state index is 0.0280. The lowest BCUT2D eigenvalue weighted by molar-refractivity contribution is 0.0747. The van der Waals surface area contributed by atoms with Crippen LogP contribution in [-0.2, 0) is 0 Å². The highest BCUT2D eigenvalue weighted by Crippen LogP contribution is 2.22. The average molecular weight is 246 g/mol. The summed E-state index contributed by atoms with van der Waals surface area (Å²) in [6.07, 6.45) is 3.42. The molecule has 3 rings (SSSR count). The molecule has 1 aromatic carbocycles. The first kappa shape index (κ1) is 11.5. The zero-order valence-electron chi connectivity index (χ0n) is 10.3. The van der Waals surface area contributed by atoms with Crippen LogP contribution in [0.3, 0.4) is 0 Å². The Bertz CT molecular complexity index is 461. The van der Waals surface area contributed by atoms with E-state index in [1.807, 2.05) is 4.90 Å². The number of phenolic OH excluding ortho intramolecular Hbond substituents is 1. The van der Waals surface area contributed by atoms with Gasteiger partial charge in [0, 0.05) is 30.7 Å². The van der Waals surface area contributed by atoms with E-state index in [-0.39, 0.29) is 11.7 Å². The van der Waals surface area contributed by atoms with Gasteiger partial charge >= 0.3 is 0 Å². The molecule has 4 heteroatoms. The normalized spacial score (nSPS) is 27.0. The maximum atomic E-state index is 12.4. The van der Waals surface area contributed by atoms with Crippen molar-refractivity contribution in [2.75, 3.05) is 13.1 Å². The summed E-state index contributed by atoms with van der Waals surface area (Å²) in [5, 5.41) is 13.0. The van der Waals surface area contributed by atoms with Crippen LogP contribution >= 0.6 is 0 Å². The van der Waals surface area contributed by atoms with E-state index in [1.165, 1.54) is 6.42 Å². The zero-order valence-corrected chi connectivity index (χ0v) is 10.3. The molecule has 0 saturated carbocycles. The molecule has 0 aromatic heterocycles. The number of phenols is 1. The summed E-state index contributed by atoms with van der Waals surface area (Å²) in [5.74, 6) is 0.176. The molecule has 1 amide bonds. The molecule has 2 bridgehead atoms. The summed E-state index contributed by atoms with van der Waals surface area (Å²) < 4.78 is 0. The van der Waals surface area contributed by atoms with Crippen LogP contribution in [0.4, 0.5) is 0 Å². The van der Waals surface area contributed by atoms with Crippen molar-refractivity contribution in [1.82, 2.24) is 10.2 Å². The fourth-order valence-corrected chi connectivity index (χ4v) is 2.95. The van der Waals surface area contributed by atoms with Gasteiger partial charge in [-0.2, -0.15) is 0 Å². The number of nitrogens with zero attached hydrogens (tertiary/aromatic N) is 1. The highest BCUT2D eigenvalue weighted by atomic mass is 16.3. The summed E-state index contributed by atoms with van der Waals surface area (Å²) in [4.78, 5) is 14.3. The van der Waals surface area contributed by atoms with E-state index in [0.29, 0.717) is 17.6 Å². The summed E-state index contributed by atoms with van der Waals surface area (Å²) in [5.41, 5.74) is 0.577. The van der Waals surface area contributed by atoms with E-state index in [4.69, 9.17) is 0 Å². The molecule has 1 aromatic rings. The molecule has 0 aliphatic carbocycles. The first-order chi connectivity index (χ1) is 8.72. The molecule has 2 aliphatic heterocycles. The van der Waals surface area contributed by atoms with E-state index in [1.54, 1.807) is 24.3 Å².